The van der Waals surface area contributed by atoms with Crippen LogP contribution in [0, 0.1) is 5.41 Å². The van der Waals surface area contributed by atoms with Crippen LogP contribution in [0.5, 0.6) is 0 Å². The average molecular weight is 363 g/mol. The predicted octanol–water partition coefficient (Wildman–Crippen LogP) is 2.23. The Balaban J connectivity index is 0.00000264. The summed E-state index contributed by atoms with van der Waals surface area (Å²) in [6.45, 7) is 11.1. The van der Waals surface area contributed by atoms with Crippen molar-refractivity contribution in [2.45, 2.75) is 65.1 Å². The highest BCUT2D eigenvalue weighted by Gasteiger charge is 2.62. The van der Waals surface area contributed by atoms with Gasteiger partial charge in [0.25, 0.3) is 0 Å². The molecule has 1 aliphatic rings. The van der Waals surface area contributed by atoms with E-state index in [0.717, 1.165) is 10.0 Å². The van der Waals surface area contributed by atoms with Crippen molar-refractivity contribution >= 4 is 29.7 Å². The average Bonchev–Trinajstić information content (AvgIpc) is 2.93. The van der Waals surface area contributed by atoms with Crippen LogP contribution in [0.3, 0.4) is 0 Å². The SMILES string of the molecule is CCOC1CC(N)(C(=O)NCc2nnc(C(C)C)s2)C1(C)C.Cl. The van der Waals surface area contributed by atoms with Gasteiger partial charge in [-0.15, -0.1) is 22.6 Å². The smallest absolute Gasteiger partial charge is 0.241 e. The van der Waals surface area contributed by atoms with Crippen LogP contribution in [-0.2, 0) is 16.1 Å². The summed E-state index contributed by atoms with van der Waals surface area (Å²) < 4.78 is 5.65. The van der Waals surface area contributed by atoms with Crippen molar-refractivity contribution in [2.24, 2.45) is 11.1 Å². The van der Waals surface area contributed by atoms with Gasteiger partial charge < -0.3 is 15.8 Å². The number of nitrogens with one attached hydrogen (secondary N) is 1. The quantitative estimate of drug-likeness (QED) is 0.809. The Hall–Kier alpha value is -0.760. The normalized spacial score (nSPS) is 25.6. The second-order valence-corrected chi connectivity index (χ2v) is 7.81. The molecule has 132 valence electrons. The van der Waals surface area contributed by atoms with Crippen LogP contribution in [0.4, 0.5) is 0 Å². The number of halogens is 1. The molecular weight excluding hydrogens is 336 g/mol. The molecule has 2 rings (SSSR count). The molecule has 1 aromatic rings. The molecule has 0 bridgehead atoms. The number of hydrogen-bond acceptors (Lipinski definition) is 6. The molecule has 0 radical (unpaired) electrons. The van der Waals surface area contributed by atoms with Gasteiger partial charge in [-0.2, -0.15) is 0 Å². The highest BCUT2D eigenvalue weighted by atomic mass is 35.5. The number of rotatable bonds is 6. The monoisotopic (exact) mass is 362 g/mol. The summed E-state index contributed by atoms with van der Waals surface area (Å²) >= 11 is 1.53. The first-order chi connectivity index (χ1) is 10.2. The number of aromatic nitrogens is 2. The number of ether oxygens (including phenoxy) is 1. The Morgan fingerprint density at radius 1 is 1.48 bits per heavy atom. The fraction of sp³-hybridized carbons (Fsp3) is 0.800. The van der Waals surface area contributed by atoms with Crippen molar-refractivity contribution in [2.75, 3.05) is 6.61 Å². The summed E-state index contributed by atoms with van der Waals surface area (Å²) in [5, 5.41) is 12.9. The summed E-state index contributed by atoms with van der Waals surface area (Å²) in [6, 6.07) is 0. The lowest BCUT2D eigenvalue weighted by Gasteiger charge is -2.57. The minimum atomic E-state index is -0.890. The number of carbonyl (C=O) groups is 1. The first kappa shape index (κ1) is 20.3. The molecule has 2 atom stereocenters. The fourth-order valence-corrected chi connectivity index (χ4v) is 3.49. The highest BCUT2D eigenvalue weighted by Crippen LogP contribution is 2.49. The number of carbonyl (C=O) groups excluding carboxylic acids is 1. The minimum absolute atomic E-state index is 0. The molecule has 3 N–H and O–H groups in total. The highest BCUT2D eigenvalue weighted by molar-refractivity contribution is 7.11. The van der Waals surface area contributed by atoms with Gasteiger partial charge >= 0.3 is 0 Å². The van der Waals surface area contributed by atoms with E-state index in [4.69, 9.17) is 10.5 Å². The second kappa shape index (κ2) is 7.42. The maximum absolute atomic E-state index is 12.5. The molecule has 23 heavy (non-hydrogen) atoms. The largest absolute Gasteiger partial charge is 0.378 e. The standard InChI is InChI=1S/C15H26N4O2S.ClH/c1-6-21-10-7-15(16,14(10,4)5)13(20)17-8-11-18-19-12(22-11)9(2)3;/h9-10H,6-8,16H2,1-5H3,(H,17,20);1H. The van der Waals surface area contributed by atoms with Crippen LogP contribution in [0.2, 0.25) is 0 Å². The Morgan fingerprint density at radius 3 is 2.61 bits per heavy atom. The van der Waals surface area contributed by atoms with Crippen molar-refractivity contribution in [1.29, 1.82) is 0 Å². The van der Waals surface area contributed by atoms with E-state index in [-0.39, 0.29) is 29.8 Å². The van der Waals surface area contributed by atoms with E-state index in [1.165, 1.54) is 11.3 Å². The lowest BCUT2D eigenvalue weighted by molar-refractivity contribution is -0.170. The third-order valence-electron chi connectivity index (χ3n) is 4.61. The van der Waals surface area contributed by atoms with E-state index in [9.17, 15) is 4.79 Å². The van der Waals surface area contributed by atoms with Gasteiger partial charge in [0.1, 0.15) is 15.6 Å². The molecule has 8 heteroatoms. The van der Waals surface area contributed by atoms with Crippen LogP contribution in [0.15, 0.2) is 0 Å². The second-order valence-electron chi connectivity index (χ2n) is 6.71. The molecule has 1 aliphatic carbocycles. The zero-order valence-electron chi connectivity index (χ0n) is 14.4. The Kier molecular flexibility index (Phi) is 6.55. The van der Waals surface area contributed by atoms with Gasteiger partial charge in [-0.1, -0.05) is 39.0 Å². The third kappa shape index (κ3) is 3.68. The van der Waals surface area contributed by atoms with Crippen molar-refractivity contribution in [1.82, 2.24) is 15.5 Å². The predicted molar refractivity (Wildman–Crippen MR) is 93.8 cm³/mol. The molecule has 1 amide bonds. The number of hydrogen-bond donors (Lipinski definition) is 2. The molecular formula is C15H27ClN4O2S. The van der Waals surface area contributed by atoms with E-state index in [2.05, 4.69) is 29.4 Å². The summed E-state index contributed by atoms with van der Waals surface area (Å²) in [7, 11) is 0. The van der Waals surface area contributed by atoms with Crippen LogP contribution in [0.1, 0.15) is 57.0 Å². The van der Waals surface area contributed by atoms with Gasteiger partial charge in [0.2, 0.25) is 5.91 Å². The van der Waals surface area contributed by atoms with E-state index in [1.54, 1.807) is 0 Å². The zero-order chi connectivity index (χ0) is 16.5. The maximum atomic E-state index is 12.5. The van der Waals surface area contributed by atoms with Gasteiger partial charge in [0, 0.05) is 24.4 Å². The van der Waals surface area contributed by atoms with Crippen LogP contribution >= 0.6 is 23.7 Å². The summed E-state index contributed by atoms with van der Waals surface area (Å²) in [5.74, 6) is 0.204. The molecule has 2 unspecified atom stereocenters. The number of nitrogens with two attached hydrogens (primary N) is 1. The molecule has 0 spiro atoms. The number of amides is 1. The van der Waals surface area contributed by atoms with E-state index < -0.39 is 5.54 Å². The first-order valence-corrected chi connectivity index (χ1v) is 8.55. The van der Waals surface area contributed by atoms with Gasteiger partial charge in [0.05, 0.1) is 12.6 Å². The molecule has 0 aliphatic heterocycles. The summed E-state index contributed by atoms with van der Waals surface area (Å²) in [6.07, 6.45) is 0.579. The lowest BCUT2D eigenvalue weighted by Crippen LogP contribution is -2.75. The summed E-state index contributed by atoms with van der Waals surface area (Å²) in [4.78, 5) is 12.5. The molecule has 1 saturated carbocycles. The minimum Gasteiger partial charge on any atom is -0.378 e. The Bertz CT molecular complexity index is 549. The van der Waals surface area contributed by atoms with Gasteiger partial charge in [-0.25, -0.2) is 0 Å². The van der Waals surface area contributed by atoms with Crippen LogP contribution in [0.25, 0.3) is 0 Å². The van der Waals surface area contributed by atoms with Crippen molar-refractivity contribution < 1.29 is 9.53 Å². The summed E-state index contributed by atoms with van der Waals surface area (Å²) in [5.41, 5.74) is 5.07. The van der Waals surface area contributed by atoms with E-state index in [1.807, 2.05) is 20.8 Å². The van der Waals surface area contributed by atoms with Crippen molar-refractivity contribution in [3.63, 3.8) is 0 Å². The third-order valence-corrected chi connectivity index (χ3v) is 5.84. The first-order valence-electron chi connectivity index (χ1n) is 7.73. The van der Waals surface area contributed by atoms with Crippen molar-refractivity contribution in [3.05, 3.63) is 10.0 Å². The molecule has 0 aromatic carbocycles. The molecule has 1 aromatic heterocycles. The Labute approximate surface area is 148 Å². The van der Waals surface area contributed by atoms with Gasteiger partial charge in [0.15, 0.2) is 0 Å². The van der Waals surface area contributed by atoms with Crippen molar-refractivity contribution in [3.8, 4) is 0 Å². The fourth-order valence-electron chi connectivity index (χ4n) is 2.71. The van der Waals surface area contributed by atoms with Crippen LogP contribution in [-0.4, -0.2) is 34.4 Å². The molecule has 1 fully saturated rings. The van der Waals surface area contributed by atoms with Gasteiger partial charge in [-0.3, -0.25) is 4.79 Å². The topological polar surface area (TPSA) is 90.1 Å². The Morgan fingerprint density at radius 2 is 2.13 bits per heavy atom. The van der Waals surface area contributed by atoms with Gasteiger partial charge in [-0.05, 0) is 6.92 Å². The number of nitrogens with zero attached hydrogens (tertiary/aromatic N) is 2. The van der Waals surface area contributed by atoms with Crippen LogP contribution < -0.4 is 11.1 Å². The molecule has 1 heterocycles. The lowest BCUT2D eigenvalue weighted by atomic mass is 9.54. The molecule has 6 nitrogen and oxygen atoms in total. The van der Waals surface area contributed by atoms with E-state index in [0.29, 0.717) is 25.5 Å². The molecule has 0 saturated heterocycles. The zero-order valence-corrected chi connectivity index (χ0v) is 16.0. The van der Waals surface area contributed by atoms with E-state index >= 15 is 0 Å². The maximum Gasteiger partial charge on any atom is 0.241 e.